The maximum absolute atomic E-state index is 16.2. The van der Waals surface area contributed by atoms with Gasteiger partial charge in [0.25, 0.3) is 5.56 Å². The molecular weight excluding hydrogens is 646 g/mol. The van der Waals surface area contributed by atoms with Gasteiger partial charge in [-0.1, -0.05) is 41.8 Å². The Morgan fingerprint density at radius 3 is 2.66 bits per heavy atom. The molecule has 6 heterocycles. The summed E-state index contributed by atoms with van der Waals surface area (Å²) in [6, 6.07) is 9.54. The van der Waals surface area contributed by atoms with Crippen LogP contribution in [0.4, 0.5) is 10.1 Å². The molecule has 11 nitrogen and oxygen atoms in total. The number of hydrogen-bond acceptors (Lipinski definition) is 8. The molecule has 0 spiro atoms. The molecule has 0 amide bonds. The van der Waals surface area contributed by atoms with Crippen LogP contribution in [0.2, 0.25) is 10.2 Å². The van der Waals surface area contributed by atoms with Crippen LogP contribution in [-0.4, -0.2) is 58.9 Å². The van der Waals surface area contributed by atoms with E-state index in [0.717, 1.165) is 24.1 Å². The third-order valence-electron chi connectivity index (χ3n) is 9.04. The topological polar surface area (TPSA) is 125 Å². The number of halogens is 3. The van der Waals surface area contributed by atoms with Crippen molar-refractivity contribution < 1.29 is 14.2 Å². The predicted molar refractivity (Wildman–Crippen MR) is 176 cm³/mol. The van der Waals surface area contributed by atoms with Crippen LogP contribution in [0.5, 0.6) is 0 Å². The lowest BCUT2D eigenvalue weighted by atomic mass is 9.96. The van der Waals surface area contributed by atoms with Crippen LogP contribution in [-0.2, 0) is 4.74 Å². The first-order chi connectivity index (χ1) is 22.8. The molecule has 47 heavy (non-hydrogen) atoms. The second kappa shape index (κ2) is 13.2. The lowest BCUT2D eigenvalue weighted by Crippen LogP contribution is -2.29. The molecule has 1 saturated heterocycles. The van der Waals surface area contributed by atoms with Crippen molar-refractivity contribution in [1.29, 1.82) is 0 Å². The monoisotopic (exact) mass is 678 g/mol. The first-order valence-corrected chi connectivity index (χ1v) is 16.4. The van der Waals surface area contributed by atoms with Crippen molar-refractivity contribution in [2.75, 3.05) is 18.5 Å². The van der Waals surface area contributed by atoms with Crippen LogP contribution >= 0.6 is 23.2 Å². The molecule has 0 saturated carbocycles. The van der Waals surface area contributed by atoms with E-state index in [-0.39, 0.29) is 22.7 Å². The average molecular weight is 680 g/mol. The Balaban J connectivity index is 1.33. The van der Waals surface area contributed by atoms with Gasteiger partial charge in [0.1, 0.15) is 12.0 Å². The Morgan fingerprint density at radius 2 is 1.87 bits per heavy atom. The molecule has 5 aromatic rings. The molecule has 3 unspecified atom stereocenters. The third-order valence-corrected chi connectivity index (χ3v) is 9.44. The molecule has 0 radical (unpaired) electrons. The van der Waals surface area contributed by atoms with Gasteiger partial charge in [0.05, 0.1) is 47.2 Å². The highest BCUT2D eigenvalue weighted by Gasteiger charge is 2.28. The van der Waals surface area contributed by atoms with Crippen molar-refractivity contribution in [3.05, 3.63) is 93.2 Å². The number of aliphatic hydroxyl groups excluding tert-OH is 1. The Morgan fingerprint density at radius 1 is 1.04 bits per heavy atom. The van der Waals surface area contributed by atoms with E-state index >= 15 is 4.39 Å². The van der Waals surface area contributed by atoms with Crippen LogP contribution < -0.4 is 10.9 Å². The van der Waals surface area contributed by atoms with Gasteiger partial charge in [-0.25, -0.2) is 9.07 Å². The summed E-state index contributed by atoms with van der Waals surface area (Å²) in [4.78, 5) is 18.6. The number of benzene rings is 1. The zero-order chi connectivity index (χ0) is 32.7. The van der Waals surface area contributed by atoms with Crippen molar-refractivity contribution in [2.24, 2.45) is 5.92 Å². The molecule has 4 aromatic heterocycles. The van der Waals surface area contributed by atoms with Crippen LogP contribution in [0.25, 0.3) is 28.1 Å². The van der Waals surface area contributed by atoms with Crippen LogP contribution in [0.1, 0.15) is 56.8 Å². The summed E-state index contributed by atoms with van der Waals surface area (Å²) in [6.07, 6.45) is 8.80. The van der Waals surface area contributed by atoms with Gasteiger partial charge in [-0.15, -0.1) is 5.10 Å². The molecule has 2 aliphatic heterocycles. The van der Waals surface area contributed by atoms with E-state index in [2.05, 4.69) is 15.6 Å². The molecule has 2 aliphatic rings. The first kappa shape index (κ1) is 31.5. The quantitative estimate of drug-likeness (QED) is 0.227. The van der Waals surface area contributed by atoms with E-state index in [1.807, 2.05) is 23.7 Å². The fourth-order valence-corrected chi connectivity index (χ4v) is 6.82. The Hall–Kier alpha value is -4.10. The number of pyridine rings is 2. The van der Waals surface area contributed by atoms with E-state index < -0.39 is 23.6 Å². The lowest BCUT2D eigenvalue weighted by molar-refractivity contribution is 0.0667. The molecule has 2 N–H and O–H groups in total. The van der Waals surface area contributed by atoms with Crippen molar-refractivity contribution in [2.45, 2.75) is 57.3 Å². The van der Waals surface area contributed by atoms with Crippen molar-refractivity contribution in [3.63, 3.8) is 0 Å². The number of nitrogens with zero attached hydrogens (tertiary/aromatic N) is 7. The summed E-state index contributed by atoms with van der Waals surface area (Å²) in [5.74, 6) is -0.725. The van der Waals surface area contributed by atoms with Gasteiger partial charge in [0.15, 0.2) is 5.15 Å². The zero-order valence-electron chi connectivity index (χ0n) is 25.6. The first-order valence-electron chi connectivity index (χ1n) is 15.6. The van der Waals surface area contributed by atoms with Gasteiger partial charge in [-0.3, -0.25) is 14.5 Å². The molecule has 2 bridgehead atoms. The molecule has 1 fully saturated rings. The molecule has 14 heteroatoms. The molecular formula is C33H33Cl2FN8O3. The zero-order valence-corrected chi connectivity index (χ0v) is 27.1. The second-order valence-corrected chi connectivity index (χ2v) is 12.9. The number of ether oxygens (including phenoxy) is 1. The number of nitrogens with one attached hydrogen (secondary N) is 1. The van der Waals surface area contributed by atoms with E-state index in [1.165, 1.54) is 27.7 Å². The summed E-state index contributed by atoms with van der Waals surface area (Å²) in [5, 5.41) is 27.5. The maximum atomic E-state index is 16.2. The highest BCUT2D eigenvalue weighted by atomic mass is 35.5. The Kier molecular flexibility index (Phi) is 8.84. The van der Waals surface area contributed by atoms with E-state index in [1.54, 1.807) is 30.6 Å². The number of anilines is 1. The van der Waals surface area contributed by atoms with Gasteiger partial charge < -0.3 is 19.7 Å². The fraction of sp³-hybridized carbons (Fsp3) is 0.364. The Bertz CT molecular complexity index is 1970. The smallest absolute Gasteiger partial charge is 0.251 e. The normalized spacial score (nSPS) is 20.6. The van der Waals surface area contributed by atoms with Gasteiger partial charge in [0.2, 0.25) is 0 Å². The SMILES string of the molecule is CC1CCCC(n2cc(F)c(-c3cc(Cl)ccc3-n3cc(Cl)nn3)cc2=O)c2cc(ccn2)-c2c(cnn2C2CCOCC2)NC1O. The average Bonchev–Trinajstić information content (AvgIpc) is 3.70. The van der Waals surface area contributed by atoms with Crippen molar-refractivity contribution in [1.82, 2.24) is 34.3 Å². The molecule has 3 atom stereocenters. The van der Waals surface area contributed by atoms with Crippen molar-refractivity contribution >= 4 is 28.9 Å². The molecule has 0 aliphatic carbocycles. The van der Waals surface area contributed by atoms with E-state index in [9.17, 15) is 9.90 Å². The lowest BCUT2D eigenvalue weighted by Gasteiger charge is -2.27. The number of fused-ring (bicyclic) bond motifs is 4. The number of aliphatic hydroxyl groups is 1. The standard InChI is InChI=1S/C33H33Cl2FN8O3/c1-19-3-2-4-29(26-13-20(7-10-37-26)32-27(39-33(19)46)16-38-44(32)22-8-11-47-12-9-22)42-17-25(36)23(15-31(42)45)24-14-21(34)5-6-28(24)43-18-30(35)40-41-43/h5-7,10,13-19,22,29,33,39,46H,2-4,8-9,11-12H2,1H3. The third kappa shape index (κ3) is 6.30. The van der Waals surface area contributed by atoms with Crippen LogP contribution in [0.3, 0.4) is 0 Å². The summed E-state index contributed by atoms with van der Waals surface area (Å²) in [5.41, 5.74) is 3.47. The highest BCUT2D eigenvalue weighted by molar-refractivity contribution is 6.31. The van der Waals surface area contributed by atoms with Gasteiger partial charge in [0, 0.05) is 59.3 Å². The van der Waals surface area contributed by atoms with Gasteiger partial charge in [-0.05, 0) is 56.0 Å². The molecule has 244 valence electrons. The number of rotatable bonds is 4. The summed E-state index contributed by atoms with van der Waals surface area (Å²) in [7, 11) is 0. The van der Waals surface area contributed by atoms with Crippen LogP contribution in [0.15, 0.2) is 66.0 Å². The molecule has 1 aromatic carbocycles. The second-order valence-electron chi connectivity index (χ2n) is 12.1. The summed E-state index contributed by atoms with van der Waals surface area (Å²) < 4.78 is 26.6. The minimum Gasteiger partial charge on any atom is -0.381 e. The van der Waals surface area contributed by atoms with Crippen molar-refractivity contribution in [3.8, 4) is 28.1 Å². The minimum atomic E-state index is -0.813. The maximum Gasteiger partial charge on any atom is 0.251 e. The van der Waals surface area contributed by atoms with Crippen LogP contribution in [0, 0.1) is 11.7 Å². The summed E-state index contributed by atoms with van der Waals surface area (Å²) >= 11 is 12.3. The van der Waals surface area contributed by atoms with E-state index in [0.29, 0.717) is 60.1 Å². The van der Waals surface area contributed by atoms with Gasteiger partial charge in [-0.2, -0.15) is 5.10 Å². The minimum absolute atomic E-state index is 0.0676. The van der Waals surface area contributed by atoms with Gasteiger partial charge >= 0.3 is 0 Å². The Labute approximate surface area is 279 Å². The highest BCUT2D eigenvalue weighted by Crippen LogP contribution is 2.37. The fourth-order valence-electron chi connectivity index (χ4n) is 6.52. The molecule has 7 rings (SSSR count). The number of hydrogen-bond donors (Lipinski definition) is 2. The van der Waals surface area contributed by atoms with E-state index in [4.69, 9.17) is 38.0 Å². The largest absolute Gasteiger partial charge is 0.381 e. The number of aromatic nitrogens is 7. The predicted octanol–water partition coefficient (Wildman–Crippen LogP) is 6.29. The summed E-state index contributed by atoms with van der Waals surface area (Å²) in [6.45, 7) is 3.26.